The summed E-state index contributed by atoms with van der Waals surface area (Å²) in [5.41, 5.74) is 7.55. The standard InChI is InChI=1S/C17H17Cl2N5O4S/c18-8-2-1-7(9(19)3-8)5-29-15-11-14(22-17(20)23-15)24(6-21-11)16-13(27)12(26)10(4-25)28-16/h1-3,6,10,12-13,16,25-27H,4-5H2,(H2,20,22,23)/t10-,12+,13-,16+/m0/s1. The van der Waals surface area contributed by atoms with Crippen molar-refractivity contribution in [2.45, 2.75) is 35.3 Å². The Labute approximate surface area is 179 Å². The van der Waals surface area contributed by atoms with Crippen LogP contribution in [0, 0.1) is 0 Å². The molecular weight excluding hydrogens is 441 g/mol. The summed E-state index contributed by atoms with van der Waals surface area (Å²) in [6.07, 6.45) is -2.94. The van der Waals surface area contributed by atoms with Crippen LogP contribution in [0.2, 0.25) is 10.0 Å². The molecule has 1 aromatic carbocycles. The molecule has 29 heavy (non-hydrogen) atoms. The summed E-state index contributed by atoms with van der Waals surface area (Å²) >= 11 is 13.5. The lowest BCUT2D eigenvalue weighted by Crippen LogP contribution is -2.33. The van der Waals surface area contributed by atoms with E-state index in [9.17, 15) is 15.3 Å². The number of nitrogens with zero attached hydrogens (tertiary/aromatic N) is 4. The highest BCUT2D eigenvalue weighted by Gasteiger charge is 2.44. The topological polar surface area (TPSA) is 140 Å². The number of hydrogen-bond donors (Lipinski definition) is 4. The normalized spacial score (nSPS) is 24.4. The van der Waals surface area contributed by atoms with Crippen LogP contribution in [0.15, 0.2) is 29.6 Å². The molecule has 1 saturated heterocycles. The summed E-state index contributed by atoms with van der Waals surface area (Å²) in [5.74, 6) is 0.526. The monoisotopic (exact) mass is 457 g/mol. The van der Waals surface area contributed by atoms with Gasteiger partial charge in [0.25, 0.3) is 0 Å². The molecule has 5 N–H and O–H groups in total. The maximum atomic E-state index is 10.3. The minimum Gasteiger partial charge on any atom is -0.394 e. The number of imidazole rings is 1. The molecule has 4 rings (SSSR count). The van der Waals surface area contributed by atoms with Crippen molar-refractivity contribution in [3.8, 4) is 0 Å². The highest BCUT2D eigenvalue weighted by Crippen LogP contribution is 2.35. The van der Waals surface area contributed by atoms with Crippen LogP contribution in [0.4, 0.5) is 5.95 Å². The van der Waals surface area contributed by atoms with Gasteiger partial charge in [0.15, 0.2) is 11.9 Å². The number of anilines is 1. The predicted octanol–water partition coefficient (Wildman–Crippen LogP) is 1.62. The van der Waals surface area contributed by atoms with E-state index < -0.39 is 31.1 Å². The molecule has 2 aromatic heterocycles. The van der Waals surface area contributed by atoms with Crippen molar-refractivity contribution in [1.82, 2.24) is 19.5 Å². The van der Waals surface area contributed by atoms with Crippen molar-refractivity contribution in [1.29, 1.82) is 0 Å². The minimum absolute atomic E-state index is 0.0238. The lowest BCUT2D eigenvalue weighted by molar-refractivity contribution is -0.0511. The van der Waals surface area contributed by atoms with Crippen molar-refractivity contribution in [3.05, 3.63) is 40.1 Å². The van der Waals surface area contributed by atoms with Crippen LogP contribution in [0.5, 0.6) is 0 Å². The molecule has 1 aliphatic heterocycles. The lowest BCUT2D eigenvalue weighted by Gasteiger charge is -2.16. The molecule has 9 nitrogen and oxygen atoms in total. The fourth-order valence-corrected chi connectivity index (χ4v) is 4.63. The maximum Gasteiger partial charge on any atom is 0.223 e. The SMILES string of the molecule is Nc1nc(SCc2ccc(Cl)cc2Cl)c2ncn([C@@H]3O[C@@H](CO)[C@@H](O)[C@@H]3O)c2n1. The molecule has 0 radical (unpaired) electrons. The number of aromatic nitrogens is 4. The maximum absolute atomic E-state index is 10.3. The van der Waals surface area contributed by atoms with Crippen LogP contribution in [0.1, 0.15) is 11.8 Å². The van der Waals surface area contributed by atoms with Gasteiger partial charge in [0.1, 0.15) is 28.9 Å². The molecule has 0 bridgehead atoms. The zero-order valence-electron chi connectivity index (χ0n) is 14.8. The average molecular weight is 458 g/mol. The van der Waals surface area contributed by atoms with Gasteiger partial charge in [-0.15, -0.1) is 0 Å². The summed E-state index contributed by atoms with van der Waals surface area (Å²) in [6, 6.07) is 5.25. The first kappa shape index (κ1) is 20.6. The fraction of sp³-hybridized carbons (Fsp3) is 0.353. The molecule has 1 fully saturated rings. The van der Waals surface area contributed by atoms with Crippen molar-refractivity contribution >= 4 is 52.1 Å². The van der Waals surface area contributed by atoms with E-state index in [4.69, 9.17) is 33.7 Å². The summed E-state index contributed by atoms with van der Waals surface area (Å²) in [5, 5.41) is 31.2. The Morgan fingerprint density at radius 3 is 2.69 bits per heavy atom. The van der Waals surface area contributed by atoms with E-state index in [2.05, 4.69) is 15.0 Å². The van der Waals surface area contributed by atoms with Gasteiger partial charge < -0.3 is 25.8 Å². The van der Waals surface area contributed by atoms with Crippen LogP contribution in [-0.4, -0.2) is 59.8 Å². The van der Waals surface area contributed by atoms with Gasteiger partial charge in [0.05, 0.1) is 12.9 Å². The van der Waals surface area contributed by atoms with E-state index in [-0.39, 0.29) is 5.95 Å². The highest BCUT2D eigenvalue weighted by molar-refractivity contribution is 7.98. The van der Waals surface area contributed by atoms with Crippen LogP contribution in [0.3, 0.4) is 0 Å². The zero-order valence-corrected chi connectivity index (χ0v) is 17.1. The fourth-order valence-electron chi connectivity index (χ4n) is 3.09. The van der Waals surface area contributed by atoms with Crippen LogP contribution in [0.25, 0.3) is 11.2 Å². The number of ether oxygens (including phenoxy) is 1. The molecule has 3 aromatic rings. The number of fused-ring (bicyclic) bond motifs is 1. The lowest BCUT2D eigenvalue weighted by atomic mass is 10.1. The quantitative estimate of drug-likeness (QED) is 0.332. The summed E-state index contributed by atoms with van der Waals surface area (Å²) in [7, 11) is 0. The Hall–Kier alpha value is -1.66. The van der Waals surface area contributed by atoms with Crippen molar-refractivity contribution in [3.63, 3.8) is 0 Å². The number of hydrogen-bond acceptors (Lipinski definition) is 9. The second kappa shape index (κ2) is 8.23. The summed E-state index contributed by atoms with van der Waals surface area (Å²) < 4.78 is 7.03. The van der Waals surface area contributed by atoms with Crippen LogP contribution >= 0.6 is 35.0 Å². The van der Waals surface area contributed by atoms with Gasteiger partial charge in [-0.05, 0) is 17.7 Å². The number of thioether (sulfide) groups is 1. The van der Waals surface area contributed by atoms with E-state index in [0.29, 0.717) is 32.0 Å². The molecule has 1 aliphatic rings. The molecule has 0 saturated carbocycles. The van der Waals surface area contributed by atoms with Crippen LogP contribution in [-0.2, 0) is 10.5 Å². The highest BCUT2D eigenvalue weighted by atomic mass is 35.5. The number of rotatable bonds is 5. The van der Waals surface area contributed by atoms with E-state index in [0.717, 1.165) is 5.56 Å². The first-order valence-electron chi connectivity index (χ1n) is 8.58. The van der Waals surface area contributed by atoms with Gasteiger partial charge in [-0.2, -0.15) is 4.98 Å². The molecule has 0 aliphatic carbocycles. The molecule has 3 heterocycles. The molecule has 4 atom stereocenters. The minimum atomic E-state index is -1.26. The Balaban J connectivity index is 1.65. The van der Waals surface area contributed by atoms with Gasteiger partial charge in [0, 0.05) is 15.8 Å². The number of nitrogen functional groups attached to an aromatic ring is 1. The van der Waals surface area contributed by atoms with Gasteiger partial charge in [0.2, 0.25) is 5.95 Å². The van der Waals surface area contributed by atoms with Crippen molar-refractivity contribution in [2.75, 3.05) is 12.3 Å². The molecular formula is C17H17Cl2N5O4S. The van der Waals surface area contributed by atoms with Gasteiger partial charge in [-0.1, -0.05) is 41.0 Å². The number of aliphatic hydroxyl groups excluding tert-OH is 3. The second-order valence-corrected chi connectivity index (χ2v) is 8.27. The smallest absolute Gasteiger partial charge is 0.223 e. The third-order valence-electron chi connectivity index (χ3n) is 4.58. The largest absolute Gasteiger partial charge is 0.394 e. The van der Waals surface area contributed by atoms with E-state index in [1.807, 2.05) is 6.07 Å². The van der Waals surface area contributed by atoms with Gasteiger partial charge in [-0.3, -0.25) is 4.57 Å². The average Bonchev–Trinajstić information content (AvgIpc) is 3.22. The summed E-state index contributed by atoms with van der Waals surface area (Å²) in [4.78, 5) is 12.8. The molecule has 0 spiro atoms. The second-order valence-electron chi connectivity index (χ2n) is 6.46. The molecule has 0 amide bonds. The molecule has 154 valence electrons. The molecule has 0 unspecified atom stereocenters. The molecule has 12 heteroatoms. The number of halogens is 2. The Morgan fingerprint density at radius 1 is 1.21 bits per heavy atom. The van der Waals surface area contributed by atoms with Crippen molar-refractivity contribution in [2.24, 2.45) is 0 Å². The van der Waals surface area contributed by atoms with E-state index >= 15 is 0 Å². The Bertz CT molecular complexity index is 1050. The zero-order chi connectivity index (χ0) is 20.7. The number of benzene rings is 1. The van der Waals surface area contributed by atoms with E-state index in [1.54, 1.807) is 12.1 Å². The first-order chi connectivity index (χ1) is 13.9. The first-order valence-corrected chi connectivity index (χ1v) is 10.3. The van der Waals surface area contributed by atoms with E-state index in [1.165, 1.54) is 22.7 Å². The van der Waals surface area contributed by atoms with Gasteiger partial charge in [-0.25, -0.2) is 9.97 Å². The number of aliphatic hydroxyl groups is 3. The van der Waals surface area contributed by atoms with Crippen LogP contribution < -0.4 is 5.73 Å². The number of nitrogens with two attached hydrogens (primary N) is 1. The van der Waals surface area contributed by atoms with Gasteiger partial charge >= 0.3 is 0 Å². The third kappa shape index (κ3) is 3.89. The predicted molar refractivity (Wildman–Crippen MR) is 109 cm³/mol. The summed E-state index contributed by atoms with van der Waals surface area (Å²) in [6.45, 7) is -0.429. The third-order valence-corrected chi connectivity index (χ3v) is 6.18. The Kier molecular flexibility index (Phi) is 5.85. The Morgan fingerprint density at radius 2 is 2.00 bits per heavy atom. The van der Waals surface area contributed by atoms with Crippen molar-refractivity contribution < 1.29 is 20.1 Å².